The summed E-state index contributed by atoms with van der Waals surface area (Å²) in [6.45, 7) is 6.02. The van der Waals surface area contributed by atoms with Crippen LogP contribution >= 0.6 is 0 Å². The summed E-state index contributed by atoms with van der Waals surface area (Å²) < 4.78 is 20.8. The van der Waals surface area contributed by atoms with Crippen LogP contribution in [-0.2, 0) is 20.7 Å². The molecule has 4 nitrogen and oxygen atoms in total. The minimum absolute atomic E-state index is 0.0999. The van der Waals surface area contributed by atoms with E-state index in [-0.39, 0.29) is 28.9 Å². The van der Waals surface area contributed by atoms with Crippen molar-refractivity contribution < 1.29 is 18.4 Å². The third-order valence-electron chi connectivity index (χ3n) is 2.86. The van der Waals surface area contributed by atoms with Gasteiger partial charge in [-0.3, -0.25) is 13.8 Å². The number of carbonyl (C=O) groups is 2. The molecule has 1 unspecified atom stereocenters. The second-order valence-electron chi connectivity index (χ2n) is 5.29. The standard InChI is InChI=1S/C13H18O4S/c1-13(2,3)9-4-5-10(12(15)8-9)11(14)6-7-18(16)17/h5,8H,4,6-7H2,1-3H3,(H,16,17)/p-1. The number of Topliss-reactive ketones (excluding diaryl/α,β-unsaturated/α-hetero) is 1. The second kappa shape index (κ2) is 5.71. The average molecular weight is 269 g/mol. The molecule has 0 spiro atoms. The second-order valence-corrected chi connectivity index (χ2v) is 6.30. The molecule has 0 aliphatic heterocycles. The molecule has 0 saturated carbocycles. The van der Waals surface area contributed by atoms with Gasteiger partial charge in [-0.1, -0.05) is 43.5 Å². The lowest BCUT2D eigenvalue weighted by molar-refractivity contribution is -0.119. The summed E-state index contributed by atoms with van der Waals surface area (Å²) in [5, 5.41) is 0. The van der Waals surface area contributed by atoms with E-state index in [1.54, 1.807) is 6.08 Å². The normalized spacial score (nSPS) is 18.1. The highest BCUT2D eigenvalue weighted by molar-refractivity contribution is 7.79. The molecule has 5 heteroatoms. The van der Waals surface area contributed by atoms with E-state index in [0.717, 1.165) is 5.57 Å². The van der Waals surface area contributed by atoms with Gasteiger partial charge in [0.05, 0.1) is 5.57 Å². The maximum atomic E-state index is 11.8. The number of carbonyl (C=O) groups excluding carboxylic acids is 2. The molecule has 0 fully saturated rings. The molecular weight excluding hydrogens is 252 g/mol. The molecule has 0 bridgehead atoms. The lowest BCUT2D eigenvalue weighted by Gasteiger charge is -2.24. The van der Waals surface area contributed by atoms with Crippen LogP contribution < -0.4 is 0 Å². The Morgan fingerprint density at radius 3 is 2.50 bits per heavy atom. The van der Waals surface area contributed by atoms with E-state index in [4.69, 9.17) is 0 Å². The summed E-state index contributed by atoms with van der Waals surface area (Å²) in [5.41, 5.74) is 1.00. The van der Waals surface area contributed by atoms with Crippen molar-refractivity contribution in [3.63, 3.8) is 0 Å². The molecular formula is C13H17O4S-. The first-order valence-electron chi connectivity index (χ1n) is 5.76. The predicted molar refractivity (Wildman–Crippen MR) is 68.7 cm³/mol. The molecule has 1 atom stereocenters. The van der Waals surface area contributed by atoms with Gasteiger partial charge in [-0.2, -0.15) is 0 Å². The average Bonchev–Trinajstić information content (AvgIpc) is 2.24. The van der Waals surface area contributed by atoms with Crippen LogP contribution in [0, 0.1) is 5.41 Å². The predicted octanol–water partition coefficient (Wildman–Crippen LogP) is 1.70. The van der Waals surface area contributed by atoms with Gasteiger partial charge < -0.3 is 4.55 Å². The first-order chi connectivity index (χ1) is 8.21. The fourth-order valence-electron chi connectivity index (χ4n) is 1.69. The van der Waals surface area contributed by atoms with Gasteiger partial charge in [0.15, 0.2) is 11.6 Å². The SMILES string of the molecule is CC(C)(C)C1=CC(=O)C(C(=O)CCS(=O)[O-])=CC1. The zero-order valence-electron chi connectivity index (χ0n) is 10.8. The zero-order chi connectivity index (χ0) is 13.9. The lowest BCUT2D eigenvalue weighted by Crippen LogP contribution is -2.20. The number of ketones is 2. The molecule has 1 rings (SSSR count). The maximum Gasteiger partial charge on any atom is 0.189 e. The van der Waals surface area contributed by atoms with Crippen molar-refractivity contribution in [1.82, 2.24) is 0 Å². The van der Waals surface area contributed by atoms with E-state index in [2.05, 4.69) is 0 Å². The summed E-state index contributed by atoms with van der Waals surface area (Å²) in [6.07, 6.45) is 3.55. The van der Waals surface area contributed by atoms with Crippen LogP contribution in [0.4, 0.5) is 0 Å². The molecule has 0 radical (unpaired) electrons. The van der Waals surface area contributed by atoms with E-state index in [0.29, 0.717) is 6.42 Å². The van der Waals surface area contributed by atoms with Crippen LogP contribution in [0.25, 0.3) is 0 Å². The summed E-state index contributed by atoms with van der Waals surface area (Å²) in [4.78, 5) is 23.5. The number of hydrogen-bond donors (Lipinski definition) is 0. The highest BCUT2D eigenvalue weighted by atomic mass is 32.2. The van der Waals surface area contributed by atoms with Crippen LogP contribution in [0.3, 0.4) is 0 Å². The Kier molecular flexibility index (Phi) is 4.76. The number of hydrogen-bond acceptors (Lipinski definition) is 4. The molecule has 0 N–H and O–H groups in total. The Morgan fingerprint density at radius 2 is 2.06 bits per heavy atom. The molecule has 1 aliphatic carbocycles. The summed E-state index contributed by atoms with van der Waals surface area (Å²) in [5.74, 6) is -0.944. The molecule has 0 amide bonds. The number of rotatable bonds is 4. The van der Waals surface area contributed by atoms with E-state index < -0.39 is 16.9 Å². The Hall–Kier alpha value is -1.07. The van der Waals surface area contributed by atoms with Crippen molar-refractivity contribution in [2.75, 3.05) is 5.75 Å². The maximum absolute atomic E-state index is 11.8. The van der Waals surface area contributed by atoms with Crippen LogP contribution in [0.2, 0.25) is 0 Å². The van der Waals surface area contributed by atoms with Crippen molar-refractivity contribution in [2.45, 2.75) is 33.6 Å². The van der Waals surface area contributed by atoms with Gasteiger partial charge >= 0.3 is 0 Å². The van der Waals surface area contributed by atoms with Gasteiger partial charge in [-0.15, -0.1) is 0 Å². The van der Waals surface area contributed by atoms with Crippen LogP contribution in [0.15, 0.2) is 23.3 Å². The van der Waals surface area contributed by atoms with Crippen molar-refractivity contribution >= 4 is 22.6 Å². The molecule has 0 aromatic heterocycles. The molecule has 0 saturated heterocycles. The van der Waals surface area contributed by atoms with E-state index in [9.17, 15) is 18.4 Å². The van der Waals surface area contributed by atoms with Crippen LogP contribution in [0.1, 0.15) is 33.6 Å². The minimum atomic E-state index is -2.25. The fourth-order valence-corrected chi connectivity index (χ4v) is 2.04. The zero-order valence-corrected chi connectivity index (χ0v) is 11.6. The molecule has 100 valence electrons. The summed E-state index contributed by atoms with van der Waals surface area (Å²) in [6, 6.07) is 0. The molecule has 0 heterocycles. The third kappa shape index (κ3) is 3.99. The fraction of sp³-hybridized carbons (Fsp3) is 0.538. The van der Waals surface area contributed by atoms with Gasteiger partial charge in [0.2, 0.25) is 0 Å². The third-order valence-corrected chi connectivity index (χ3v) is 3.39. The highest BCUT2D eigenvalue weighted by Gasteiger charge is 2.25. The van der Waals surface area contributed by atoms with Gasteiger partial charge in [-0.25, -0.2) is 0 Å². The van der Waals surface area contributed by atoms with E-state index in [1.807, 2.05) is 20.8 Å². The van der Waals surface area contributed by atoms with Crippen molar-refractivity contribution in [1.29, 1.82) is 0 Å². The quantitative estimate of drug-likeness (QED) is 0.575. The summed E-state index contributed by atoms with van der Waals surface area (Å²) in [7, 11) is 0. The first kappa shape index (κ1) is 15.0. The van der Waals surface area contributed by atoms with E-state index >= 15 is 0 Å². The Labute approximate surface area is 109 Å². The Morgan fingerprint density at radius 1 is 1.44 bits per heavy atom. The van der Waals surface area contributed by atoms with Gasteiger partial charge in [0.1, 0.15) is 0 Å². The Balaban J connectivity index is 2.74. The monoisotopic (exact) mass is 269 g/mol. The molecule has 18 heavy (non-hydrogen) atoms. The number of allylic oxidation sites excluding steroid dienone is 4. The topological polar surface area (TPSA) is 74.3 Å². The highest BCUT2D eigenvalue weighted by Crippen LogP contribution is 2.31. The first-order valence-corrected chi connectivity index (χ1v) is 7.01. The minimum Gasteiger partial charge on any atom is -0.772 e. The molecule has 1 aliphatic rings. The molecule has 0 aromatic carbocycles. The summed E-state index contributed by atoms with van der Waals surface area (Å²) >= 11 is -2.25. The van der Waals surface area contributed by atoms with Crippen molar-refractivity contribution in [3.05, 3.63) is 23.3 Å². The largest absolute Gasteiger partial charge is 0.772 e. The van der Waals surface area contributed by atoms with Crippen molar-refractivity contribution in [3.8, 4) is 0 Å². The van der Waals surface area contributed by atoms with Crippen molar-refractivity contribution in [2.24, 2.45) is 5.41 Å². The van der Waals surface area contributed by atoms with Crippen LogP contribution in [-0.4, -0.2) is 26.1 Å². The van der Waals surface area contributed by atoms with Gasteiger partial charge in [0.25, 0.3) is 0 Å². The lowest BCUT2D eigenvalue weighted by atomic mass is 9.80. The van der Waals surface area contributed by atoms with E-state index in [1.165, 1.54) is 6.08 Å². The molecule has 0 aromatic rings. The smallest absolute Gasteiger partial charge is 0.189 e. The van der Waals surface area contributed by atoms with Crippen LogP contribution in [0.5, 0.6) is 0 Å². The van der Waals surface area contributed by atoms with Gasteiger partial charge in [-0.05, 0) is 17.9 Å². The van der Waals surface area contributed by atoms with Gasteiger partial charge in [0, 0.05) is 12.2 Å². The Bertz CT molecular complexity index is 452.